The molecule has 0 atom stereocenters. The first-order valence-corrected chi connectivity index (χ1v) is 11.7. The third kappa shape index (κ3) is 5.68. The summed E-state index contributed by atoms with van der Waals surface area (Å²) in [6, 6.07) is 14.6. The van der Waals surface area contributed by atoms with Crippen LogP contribution in [0.2, 0.25) is 0 Å². The Labute approximate surface area is 179 Å². The summed E-state index contributed by atoms with van der Waals surface area (Å²) >= 11 is 0. The molecule has 7 heteroatoms. The van der Waals surface area contributed by atoms with Gasteiger partial charge in [0.2, 0.25) is 10.0 Å². The molecule has 2 aromatic carbocycles. The molecule has 162 valence electrons. The van der Waals surface area contributed by atoms with Gasteiger partial charge in [-0.25, -0.2) is 13.1 Å². The van der Waals surface area contributed by atoms with Crippen LogP contribution in [0.3, 0.4) is 0 Å². The average molecular weight is 430 g/mol. The average Bonchev–Trinajstić information content (AvgIpc) is 2.68. The van der Waals surface area contributed by atoms with E-state index in [4.69, 9.17) is 0 Å². The van der Waals surface area contributed by atoms with E-state index >= 15 is 0 Å². The van der Waals surface area contributed by atoms with E-state index in [1.807, 2.05) is 11.0 Å². The summed E-state index contributed by atoms with van der Waals surface area (Å²) in [5.74, 6) is -0.0572. The Morgan fingerprint density at radius 1 is 0.967 bits per heavy atom. The Balaban J connectivity index is 1.59. The van der Waals surface area contributed by atoms with Gasteiger partial charge in [-0.2, -0.15) is 0 Å². The van der Waals surface area contributed by atoms with Gasteiger partial charge < -0.3 is 4.90 Å². The molecular formula is C23H31N3O3S. The van der Waals surface area contributed by atoms with E-state index in [-0.39, 0.29) is 10.8 Å². The number of carbonyl (C=O) groups excluding carboxylic acids is 1. The number of piperazine rings is 1. The van der Waals surface area contributed by atoms with Crippen molar-refractivity contribution < 1.29 is 13.2 Å². The summed E-state index contributed by atoms with van der Waals surface area (Å²) in [7, 11) is -3.61. The van der Waals surface area contributed by atoms with Crippen LogP contribution in [0.5, 0.6) is 0 Å². The third-order valence-electron chi connectivity index (χ3n) is 5.17. The van der Waals surface area contributed by atoms with Crippen molar-refractivity contribution in [2.24, 2.45) is 0 Å². The Hall–Kier alpha value is -2.22. The number of aryl methyl sites for hydroxylation is 1. The summed E-state index contributed by atoms with van der Waals surface area (Å²) in [6.45, 7) is 11.4. The van der Waals surface area contributed by atoms with Gasteiger partial charge in [0, 0.05) is 43.8 Å². The largest absolute Gasteiger partial charge is 0.336 e. The number of sulfonamides is 1. The SMILES string of the molecule is Cc1ccccc1CN1CCN(C(=O)c2ccc(S(=O)(=O)NC(C)(C)C)cc2)CC1. The molecule has 0 aromatic heterocycles. The monoisotopic (exact) mass is 429 g/mol. The lowest BCUT2D eigenvalue weighted by Crippen LogP contribution is -2.48. The molecule has 1 heterocycles. The summed E-state index contributed by atoms with van der Waals surface area (Å²) in [5.41, 5.74) is 2.55. The first-order valence-electron chi connectivity index (χ1n) is 10.3. The second-order valence-corrected chi connectivity index (χ2v) is 10.6. The van der Waals surface area contributed by atoms with Gasteiger partial charge in [-0.05, 0) is 63.1 Å². The van der Waals surface area contributed by atoms with E-state index in [2.05, 4.69) is 34.7 Å². The number of nitrogens with one attached hydrogen (secondary N) is 1. The smallest absolute Gasteiger partial charge is 0.253 e. The van der Waals surface area contributed by atoms with Crippen molar-refractivity contribution >= 4 is 15.9 Å². The van der Waals surface area contributed by atoms with Crippen LogP contribution in [-0.2, 0) is 16.6 Å². The Morgan fingerprint density at radius 3 is 2.13 bits per heavy atom. The molecule has 3 rings (SSSR count). The molecule has 30 heavy (non-hydrogen) atoms. The minimum absolute atomic E-state index is 0.0572. The summed E-state index contributed by atoms with van der Waals surface area (Å²) in [6.07, 6.45) is 0. The fourth-order valence-electron chi connectivity index (χ4n) is 3.56. The number of benzene rings is 2. The Kier molecular flexibility index (Phi) is 6.65. The lowest BCUT2D eigenvalue weighted by molar-refractivity contribution is 0.0628. The Morgan fingerprint density at radius 2 is 1.57 bits per heavy atom. The van der Waals surface area contributed by atoms with Crippen molar-refractivity contribution in [3.05, 3.63) is 65.2 Å². The molecule has 0 spiro atoms. The normalized spacial score (nSPS) is 15.9. The van der Waals surface area contributed by atoms with Crippen LogP contribution in [0.1, 0.15) is 42.3 Å². The van der Waals surface area contributed by atoms with Crippen molar-refractivity contribution in [2.45, 2.75) is 44.7 Å². The van der Waals surface area contributed by atoms with Gasteiger partial charge in [-0.15, -0.1) is 0 Å². The fraction of sp³-hybridized carbons (Fsp3) is 0.435. The van der Waals surface area contributed by atoms with Crippen LogP contribution in [0.25, 0.3) is 0 Å². The zero-order valence-electron chi connectivity index (χ0n) is 18.2. The van der Waals surface area contributed by atoms with Crippen molar-refractivity contribution in [1.29, 1.82) is 0 Å². The predicted octanol–water partition coefficient (Wildman–Crippen LogP) is 3.03. The minimum atomic E-state index is -3.61. The molecule has 1 amide bonds. The molecular weight excluding hydrogens is 398 g/mol. The number of carbonyl (C=O) groups is 1. The van der Waals surface area contributed by atoms with Gasteiger partial charge in [0.05, 0.1) is 4.90 Å². The van der Waals surface area contributed by atoms with E-state index in [1.54, 1.807) is 32.9 Å². The quantitative estimate of drug-likeness (QED) is 0.793. The van der Waals surface area contributed by atoms with E-state index in [9.17, 15) is 13.2 Å². The van der Waals surface area contributed by atoms with Crippen molar-refractivity contribution in [3.8, 4) is 0 Å². The van der Waals surface area contributed by atoms with Crippen molar-refractivity contribution in [2.75, 3.05) is 26.2 Å². The van der Waals surface area contributed by atoms with Crippen LogP contribution in [-0.4, -0.2) is 55.8 Å². The zero-order valence-corrected chi connectivity index (χ0v) is 19.0. The predicted molar refractivity (Wildman–Crippen MR) is 119 cm³/mol. The van der Waals surface area contributed by atoms with Crippen LogP contribution in [0, 0.1) is 6.92 Å². The molecule has 0 bridgehead atoms. The number of hydrogen-bond donors (Lipinski definition) is 1. The third-order valence-corrected chi connectivity index (χ3v) is 6.94. The van der Waals surface area contributed by atoms with E-state index in [0.717, 1.165) is 19.6 Å². The van der Waals surface area contributed by atoms with Gasteiger partial charge in [-0.3, -0.25) is 9.69 Å². The zero-order chi connectivity index (χ0) is 21.9. The van der Waals surface area contributed by atoms with E-state index in [1.165, 1.54) is 23.3 Å². The molecule has 1 saturated heterocycles. The number of hydrogen-bond acceptors (Lipinski definition) is 4. The van der Waals surface area contributed by atoms with Crippen molar-refractivity contribution in [1.82, 2.24) is 14.5 Å². The lowest BCUT2D eigenvalue weighted by Gasteiger charge is -2.35. The topological polar surface area (TPSA) is 69.7 Å². The maximum absolute atomic E-state index is 12.9. The Bertz CT molecular complexity index is 987. The second-order valence-electron chi connectivity index (χ2n) is 8.87. The highest BCUT2D eigenvalue weighted by Gasteiger charge is 2.24. The molecule has 0 unspecified atom stereocenters. The first kappa shape index (κ1) is 22.5. The molecule has 1 N–H and O–H groups in total. The van der Waals surface area contributed by atoms with E-state index < -0.39 is 15.6 Å². The second kappa shape index (κ2) is 8.88. The first-order chi connectivity index (χ1) is 14.0. The number of rotatable bonds is 5. The lowest BCUT2D eigenvalue weighted by atomic mass is 10.1. The van der Waals surface area contributed by atoms with Gasteiger partial charge in [0.25, 0.3) is 5.91 Å². The molecule has 6 nitrogen and oxygen atoms in total. The van der Waals surface area contributed by atoms with Gasteiger partial charge >= 0.3 is 0 Å². The molecule has 1 fully saturated rings. The standard InChI is InChI=1S/C23H31N3O3S/c1-18-7-5-6-8-20(18)17-25-13-15-26(16-14-25)22(27)19-9-11-21(12-10-19)30(28,29)24-23(2,3)4/h5-12,24H,13-17H2,1-4H3. The number of amides is 1. The van der Waals surface area contributed by atoms with Gasteiger partial charge in [-0.1, -0.05) is 24.3 Å². The highest BCUT2D eigenvalue weighted by atomic mass is 32.2. The highest BCUT2D eigenvalue weighted by molar-refractivity contribution is 7.89. The fourth-order valence-corrected chi connectivity index (χ4v) is 4.98. The molecule has 1 aliphatic rings. The molecule has 0 radical (unpaired) electrons. The van der Waals surface area contributed by atoms with Crippen molar-refractivity contribution in [3.63, 3.8) is 0 Å². The number of nitrogens with zero attached hydrogens (tertiary/aromatic N) is 2. The maximum Gasteiger partial charge on any atom is 0.253 e. The van der Waals surface area contributed by atoms with Crippen LogP contribution in [0.15, 0.2) is 53.4 Å². The summed E-state index contributed by atoms with van der Waals surface area (Å²) in [5, 5.41) is 0. The van der Waals surface area contributed by atoms with Gasteiger partial charge in [0.1, 0.15) is 0 Å². The minimum Gasteiger partial charge on any atom is -0.336 e. The molecule has 2 aromatic rings. The van der Waals surface area contributed by atoms with Crippen LogP contribution >= 0.6 is 0 Å². The molecule has 1 aliphatic heterocycles. The van der Waals surface area contributed by atoms with Crippen LogP contribution < -0.4 is 4.72 Å². The maximum atomic E-state index is 12.9. The van der Waals surface area contributed by atoms with Crippen LogP contribution in [0.4, 0.5) is 0 Å². The highest BCUT2D eigenvalue weighted by Crippen LogP contribution is 2.17. The molecule has 0 saturated carbocycles. The summed E-state index contributed by atoms with van der Waals surface area (Å²) < 4.78 is 27.5. The van der Waals surface area contributed by atoms with E-state index in [0.29, 0.717) is 18.7 Å². The summed E-state index contributed by atoms with van der Waals surface area (Å²) in [4.78, 5) is 17.2. The molecule has 0 aliphatic carbocycles. The van der Waals surface area contributed by atoms with Gasteiger partial charge in [0.15, 0.2) is 0 Å².